The molecule has 0 N–H and O–H groups in total. The summed E-state index contributed by atoms with van der Waals surface area (Å²) in [6.45, 7) is 8.40. The average Bonchev–Trinajstić information content (AvgIpc) is 2.51. The Kier molecular flexibility index (Phi) is 6.40. The van der Waals surface area contributed by atoms with Crippen molar-refractivity contribution in [3.8, 4) is 11.5 Å². The van der Waals surface area contributed by atoms with Gasteiger partial charge >= 0.3 is 0 Å². The number of halogens is 2. The van der Waals surface area contributed by atoms with Crippen molar-refractivity contribution in [3.05, 3.63) is 40.6 Å². The van der Waals surface area contributed by atoms with Crippen LogP contribution >= 0.6 is 23.2 Å². The van der Waals surface area contributed by atoms with Crippen molar-refractivity contribution in [2.75, 3.05) is 0 Å². The van der Waals surface area contributed by atoms with E-state index in [4.69, 9.17) is 27.9 Å². The molecule has 0 aliphatic heterocycles. The van der Waals surface area contributed by atoms with Crippen LogP contribution in [0.2, 0.25) is 10.2 Å². The van der Waals surface area contributed by atoms with Crippen LogP contribution in [-0.4, -0.2) is 33.3 Å². The molecule has 0 saturated carbocycles. The Labute approximate surface area is 152 Å². The molecule has 0 saturated heterocycles. The molecule has 24 heavy (non-hydrogen) atoms. The van der Waals surface area contributed by atoms with Gasteiger partial charge in [0, 0.05) is 17.1 Å². The number of aliphatic imine (C=N–C) groups is 1. The molecule has 0 atom stereocenters. The minimum absolute atomic E-state index is 0.202. The summed E-state index contributed by atoms with van der Waals surface area (Å²) in [5.41, 5.74) is 0. The zero-order chi connectivity index (χ0) is 17.7. The van der Waals surface area contributed by atoms with Crippen LogP contribution in [-0.2, 0) is 0 Å². The Bertz CT molecular complexity index is 694. The van der Waals surface area contributed by atoms with Crippen molar-refractivity contribution in [2.24, 2.45) is 4.99 Å². The lowest BCUT2D eigenvalue weighted by atomic mass is 10.2. The van der Waals surface area contributed by atoms with Gasteiger partial charge in [-0.15, -0.1) is 0 Å². The summed E-state index contributed by atoms with van der Waals surface area (Å²) in [5.74, 6) is 1.25. The highest BCUT2D eigenvalue weighted by molar-refractivity contribution is 6.31. The highest BCUT2D eigenvalue weighted by Gasteiger charge is 2.10. The zero-order valence-electron chi connectivity index (χ0n) is 14.1. The molecule has 5 nitrogen and oxygen atoms in total. The van der Waals surface area contributed by atoms with E-state index in [0.29, 0.717) is 28.6 Å². The van der Waals surface area contributed by atoms with E-state index in [0.717, 1.165) is 0 Å². The van der Waals surface area contributed by atoms with Crippen LogP contribution in [0, 0.1) is 0 Å². The summed E-state index contributed by atoms with van der Waals surface area (Å²) in [6.07, 6.45) is 3.24. The molecule has 0 spiro atoms. The highest BCUT2D eigenvalue weighted by Crippen LogP contribution is 2.28. The van der Waals surface area contributed by atoms with Crippen LogP contribution in [0.25, 0.3) is 0 Å². The fourth-order valence-electron chi connectivity index (χ4n) is 2.08. The fraction of sp³-hybridized carbons (Fsp3) is 0.353. The van der Waals surface area contributed by atoms with Gasteiger partial charge in [0.25, 0.3) is 5.95 Å². The van der Waals surface area contributed by atoms with Crippen LogP contribution in [0.5, 0.6) is 11.5 Å². The number of rotatable bonds is 6. The van der Waals surface area contributed by atoms with Crippen molar-refractivity contribution >= 4 is 35.5 Å². The van der Waals surface area contributed by atoms with E-state index in [1.165, 1.54) is 6.20 Å². The van der Waals surface area contributed by atoms with Gasteiger partial charge in [0.15, 0.2) is 10.9 Å². The smallest absolute Gasteiger partial charge is 0.252 e. The van der Waals surface area contributed by atoms with Gasteiger partial charge in [0.1, 0.15) is 5.75 Å². The largest absolute Gasteiger partial charge is 0.452 e. The summed E-state index contributed by atoms with van der Waals surface area (Å²) in [6, 6.07) is 7.61. The summed E-state index contributed by atoms with van der Waals surface area (Å²) in [5, 5.41) is 0.835. The molecule has 7 heteroatoms. The van der Waals surface area contributed by atoms with Gasteiger partial charge < -0.3 is 9.64 Å². The van der Waals surface area contributed by atoms with E-state index in [1.807, 2.05) is 0 Å². The first-order valence-corrected chi connectivity index (χ1v) is 8.40. The fourth-order valence-corrected chi connectivity index (χ4v) is 2.37. The van der Waals surface area contributed by atoms with Crippen molar-refractivity contribution in [1.82, 2.24) is 14.9 Å². The molecule has 2 aromatic rings. The normalized spacial score (nSPS) is 11.5. The summed E-state index contributed by atoms with van der Waals surface area (Å²) < 4.78 is 5.64. The van der Waals surface area contributed by atoms with E-state index in [-0.39, 0.29) is 11.1 Å². The van der Waals surface area contributed by atoms with Gasteiger partial charge in [-0.3, -0.25) is 0 Å². The van der Waals surface area contributed by atoms with E-state index in [9.17, 15) is 0 Å². The predicted molar refractivity (Wildman–Crippen MR) is 98.8 cm³/mol. The second-order valence-corrected chi connectivity index (χ2v) is 6.55. The molecule has 1 aromatic heterocycles. The summed E-state index contributed by atoms with van der Waals surface area (Å²) >= 11 is 12.0. The molecule has 1 aromatic carbocycles. The van der Waals surface area contributed by atoms with E-state index >= 15 is 0 Å². The molecule has 2 rings (SSSR count). The molecule has 0 aliphatic rings. The maximum atomic E-state index is 6.16. The number of nitrogens with zero attached hydrogens (tertiary/aromatic N) is 4. The van der Waals surface area contributed by atoms with Crippen molar-refractivity contribution in [2.45, 2.75) is 39.8 Å². The van der Waals surface area contributed by atoms with Gasteiger partial charge in [0.2, 0.25) is 0 Å². The van der Waals surface area contributed by atoms with E-state index < -0.39 is 0 Å². The molecule has 0 aliphatic carbocycles. The van der Waals surface area contributed by atoms with Gasteiger partial charge in [-0.2, -0.15) is 4.98 Å². The van der Waals surface area contributed by atoms with Gasteiger partial charge in [-0.25, -0.2) is 9.98 Å². The Morgan fingerprint density at radius 1 is 1.08 bits per heavy atom. The lowest BCUT2D eigenvalue weighted by molar-refractivity contribution is 0.301. The monoisotopic (exact) mass is 366 g/mol. The highest BCUT2D eigenvalue weighted by atomic mass is 35.5. The van der Waals surface area contributed by atoms with Crippen molar-refractivity contribution in [1.29, 1.82) is 0 Å². The van der Waals surface area contributed by atoms with Crippen LogP contribution < -0.4 is 4.74 Å². The molecule has 0 unspecified atom stereocenters. The third-order valence-electron chi connectivity index (χ3n) is 3.24. The second kappa shape index (κ2) is 8.31. The topological polar surface area (TPSA) is 50.6 Å². The van der Waals surface area contributed by atoms with Crippen LogP contribution in [0.1, 0.15) is 27.7 Å². The first-order chi connectivity index (χ1) is 11.4. The Morgan fingerprint density at radius 3 is 2.25 bits per heavy atom. The number of hydrogen-bond donors (Lipinski definition) is 0. The quantitative estimate of drug-likeness (QED) is 0.392. The first kappa shape index (κ1) is 18.5. The molecule has 0 bridgehead atoms. The lowest BCUT2D eigenvalue weighted by Gasteiger charge is -2.27. The predicted octanol–water partition coefficient (Wildman–Crippen LogP) is 5.35. The number of aromatic nitrogens is 2. The van der Waals surface area contributed by atoms with E-state index in [1.54, 1.807) is 30.6 Å². The molecule has 0 amide bonds. The third-order valence-corrected chi connectivity index (χ3v) is 3.76. The first-order valence-electron chi connectivity index (χ1n) is 7.64. The molecule has 0 radical (unpaired) electrons. The SMILES string of the molecule is CC(C)N(/C=N/c1ncc(Oc2ccc(Cl)cc2)c(Cl)n1)C(C)C. The van der Waals surface area contributed by atoms with Crippen LogP contribution in [0.3, 0.4) is 0 Å². The third kappa shape index (κ3) is 5.08. The Hall–Kier alpha value is -1.85. The minimum atomic E-state index is 0.202. The van der Waals surface area contributed by atoms with E-state index in [2.05, 4.69) is 47.6 Å². The molecular weight excluding hydrogens is 347 g/mol. The van der Waals surface area contributed by atoms with Crippen molar-refractivity contribution in [3.63, 3.8) is 0 Å². The van der Waals surface area contributed by atoms with Crippen LogP contribution in [0.4, 0.5) is 5.95 Å². The van der Waals surface area contributed by atoms with Crippen LogP contribution in [0.15, 0.2) is 35.5 Å². The van der Waals surface area contributed by atoms with Gasteiger partial charge in [-0.1, -0.05) is 23.2 Å². The second-order valence-electron chi connectivity index (χ2n) is 5.76. The maximum absolute atomic E-state index is 6.16. The molecule has 0 fully saturated rings. The summed E-state index contributed by atoms with van der Waals surface area (Å²) in [7, 11) is 0. The number of hydrogen-bond acceptors (Lipinski definition) is 4. The summed E-state index contributed by atoms with van der Waals surface area (Å²) in [4.78, 5) is 14.7. The average molecular weight is 367 g/mol. The molecule has 1 heterocycles. The number of benzene rings is 1. The molecule has 128 valence electrons. The zero-order valence-corrected chi connectivity index (χ0v) is 15.6. The maximum Gasteiger partial charge on any atom is 0.252 e. The standard InChI is InChI=1S/C17H20Cl2N4O/c1-11(2)23(12(3)4)10-21-17-20-9-15(16(19)22-17)24-14-7-5-13(18)6-8-14/h5-12H,1-4H3/b21-10+. The van der Waals surface area contributed by atoms with Gasteiger partial charge in [0.05, 0.1) is 12.5 Å². The minimum Gasteiger partial charge on any atom is -0.452 e. The lowest BCUT2D eigenvalue weighted by Crippen LogP contribution is -2.35. The Morgan fingerprint density at radius 2 is 1.71 bits per heavy atom. The van der Waals surface area contributed by atoms with Crippen molar-refractivity contribution < 1.29 is 4.74 Å². The van der Waals surface area contributed by atoms with Gasteiger partial charge in [-0.05, 0) is 52.0 Å². The molecular formula is C17H20Cl2N4O. The Balaban J connectivity index is 2.13. The number of ether oxygens (including phenoxy) is 1.